The van der Waals surface area contributed by atoms with E-state index < -0.39 is 5.54 Å². The molecule has 0 N–H and O–H groups in total. The smallest absolute Gasteiger partial charge is 0.217 e. The van der Waals surface area contributed by atoms with Crippen molar-refractivity contribution >= 4 is 5.78 Å². The second-order valence-electron chi connectivity index (χ2n) is 4.17. The Kier molecular flexibility index (Phi) is 3.91. The van der Waals surface area contributed by atoms with Gasteiger partial charge >= 0.3 is 0 Å². The van der Waals surface area contributed by atoms with Gasteiger partial charge in [-0.05, 0) is 33.0 Å². The van der Waals surface area contributed by atoms with E-state index in [2.05, 4.69) is 13.8 Å². The van der Waals surface area contributed by atoms with E-state index in [1.807, 2.05) is 25.1 Å². The van der Waals surface area contributed by atoms with Gasteiger partial charge in [0.25, 0.3) is 0 Å². The lowest BCUT2D eigenvalue weighted by Gasteiger charge is -2.36. The van der Waals surface area contributed by atoms with Crippen molar-refractivity contribution in [2.24, 2.45) is 0 Å². The number of ketones is 1. The quantitative estimate of drug-likeness (QED) is 0.696. The first-order valence-electron chi connectivity index (χ1n) is 5.63. The molecule has 0 aliphatic carbocycles. The van der Waals surface area contributed by atoms with Crippen molar-refractivity contribution in [1.82, 2.24) is 4.90 Å². The molecule has 1 heterocycles. The molecule has 0 saturated heterocycles. The van der Waals surface area contributed by atoms with E-state index in [4.69, 9.17) is 4.74 Å². The van der Waals surface area contributed by atoms with Gasteiger partial charge in [-0.1, -0.05) is 13.8 Å². The molecular weight excluding hydrogens is 190 g/mol. The van der Waals surface area contributed by atoms with Gasteiger partial charge in [0.15, 0.2) is 5.76 Å². The summed E-state index contributed by atoms with van der Waals surface area (Å²) >= 11 is 0. The molecule has 0 aromatic rings. The van der Waals surface area contributed by atoms with E-state index in [9.17, 15) is 4.79 Å². The Balaban J connectivity index is 2.93. The van der Waals surface area contributed by atoms with E-state index in [0.717, 1.165) is 19.3 Å². The molecule has 1 aliphatic heterocycles. The Morgan fingerprint density at radius 1 is 1.47 bits per heavy atom. The van der Waals surface area contributed by atoms with Crippen LogP contribution in [0.5, 0.6) is 0 Å². The zero-order chi connectivity index (χ0) is 11.5. The fraction of sp³-hybridized carbons (Fsp3) is 0.750. The standard InChI is InChI=1S/C12H21NO2/c1-5-12(6-2,13(3)4)11(14)10-8-7-9-15-10/h8H,5-7,9H2,1-4H3. The predicted molar refractivity (Wildman–Crippen MR) is 60.7 cm³/mol. The topological polar surface area (TPSA) is 29.5 Å². The Morgan fingerprint density at radius 2 is 2.07 bits per heavy atom. The molecule has 15 heavy (non-hydrogen) atoms. The summed E-state index contributed by atoms with van der Waals surface area (Å²) < 4.78 is 5.36. The molecule has 0 unspecified atom stereocenters. The maximum absolute atomic E-state index is 12.3. The fourth-order valence-corrected chi connectivity index (χ4v) is 2.21. The summed E-state index contributed by atoms with van der Waals surface area (Å²) in [6.45, 7) is 4.76. The zero-order valence-electron chi connectivity index (χ0n) is 10.2. The van der Waals surface area contributed by atoms with Crippen LogP contribution in [-0.2, 0) is 9.53 Å². The Hall–Kier alpha value is -0.830. The average molecular weight is 211 g/mol. The van der Waals surface area contributed by atoms with Crippen LogP contribution >= 0.6 is 0 Å². The number of nitrogens with zero attached hydrogens (tertiary/aromatic N) is 1. The summed E-state index contributed by atoms with van der Waals surface area (Å²) in [7, 11) is 3.92. The van der Waals surface area contributed by atoms with E-state index in [1.54, 1.807) is 0 Å². The van der Waals surface area contributed by atoms with Crippen LogP contribution in [-0.4, -0.2) is 36.9 Å². The van der Waals surface area contributed by atoms with Crippen LogP contribution in [0.1, 0.15) is 33.1 Å². The summed E-state index contributed by atoms with van der Waals surface area (Å²) in [4.78, 5) is 14.3. The second-order valence-corrected chi connectivity index (χ2v) is 4.17. The highest BCUT2D eigenvalue weighted by molar-refractivity contribution is 6.01. The van der Waals surface area contributed by atoms with Gasteiger partial charge in [-0.25, -0.2) is 0 Å². The summed E-state index contributed by atoms with van der Waals surface area (Å²) in [6.07, 6.45) is 4.40. The number of carbonyl (C=O) groups is 1. The van der Waals surface area contributed by atoms with Crippen molar-refractivity contribution in [2.45, 2.75) is 38.6 Å². The lowest BCUT2D eigenvalue weighted by atomic mass is 9.85. The van der Waals surface area contributed by atoms with Gasteiger partial charge in [-0.3, -0.25) is 9.69 Å². The number of hydrogen-bond donors (Lipinski definition) is 0. The number of Topliss-reactive ketones (excluding diaryl/α,β-unsaturated/α-hetero) is 1. The minimum absolute atomic E-state index is 0.134. The van der Waals surface area contributed by atoms with Crippen molar-refractivity contribution in [3.8, 4) is 0 Å². The summed E-state index contributed by atoms with van der Waals surface area (Å²) in [5.41, 5.74) is -0.393. The van der Waals surface area contributed by atoms with Gasteiger partial charge in [0, 0.05) is 6.42 Å². The summed E-state index contributed by atoms with van der Waals surface area (Å²) in [5.74, 6) is 0.697. The highest BCUT2D eigenvalue weighted by Gasteiger charge is 2.40. The van der Waals surface area contributed by atoms with Crippen LogP contribution in [0.15, 0.2) is 11.8 Å². The number of likely N-dealkylation sites (N-methyl/N-ethyl adjacent to an activating group) is 1. The van der Waals surface area contributed by atoms with Crippen molar-refractivity contribution in [1.29, 1.82) is 0 Å². The lowest BCUT2D eigenvalue weighted by Crippen LogP contribution is -2.50. The van der Waals surface area contributed by atoms with Crippen LogP contribution < -0.4 is 0 Å². The van der Waals surface area contributed by atoms with Gasteiger partial charge in [-0.2, -0.15) is 0 Å². The second kappa shape index (κ2) is 4.79. The zero-order valence-corrected chi connectivity index (χ0v) is 10.2. The molecule has 1 rings (SSSR count). The normalized spacial score (nSPS) is 16.5. The summed E-state index contributed by atoms with van der Waals surface area (Å²) in [6, 6.07) is 0. The molecule has 86 valence electrons. The van der Waals surface area contributed by atoms with Crippen LogP contribution in [0.25, 0.3) is 0 Å². The molecule has 0 bridgehead atoms. The lowest BCUT2D eigenvalue weighted by molar-refractivity contribution is -0.129. The van der Waals surface area contributed by atoms with Gasteiger partial charge < -0.3 is 4.74 Å². The molecule has 0 radical (unpaired) electrons. The average Bonchev–Trinajstić information content (AvgIpc) is 2.72. The fourth-order valence-electron chi connectivity index (χ4n) is 2.21. The van der Waals surface area contributed by atoms with Crippen molar-refractivity contribution in [3.63, 3.8) is 0 Å². The van der Waals surface area contributed by atoms with Crippen LogP contribution in [0.3, 0.4) is 0 Å². The molecule has 0 atom stereocenters. The Labute approximate surface area is 92.1 Å². The van der Waals surface area contributed by atoms with E-state index in [0.29, 0.717) is 12.4 Å². The number of ether oxygens (including phenoxy) is 1. The van der Waals surface area contributed by atoms with Gasteiger partial charge in [0.1, 0.15) is 0 Å². The van der Waals surface area contributed by atoms with Gasteiger partial charge in [0.05, 0.1) is 12.1 Å². The maximum atomic E-state index is 12.3. The van der Waals surface area contributed by atoms with Gasteiger partial charge in [-0.15, -0.1) is 0 Å². The molecule has 0 aromatic heterocycles. The predicted octanol–water partition coefficient (Wildman–Crippen LogP) is 1.98. The monoisotopic (exact) mass is 211 g/mol. The number of hydrogen-bond acceptors (Lipinski definition) is 3. The maximum Gasteiger partial charge on any atom is 0.217 e. The first-order valence-corrected chi connectivity index (χ1v) is 5.63. The Morgan fingerprint density at radius 3 is 2.40 bits per heavy atom. The van der Waals surface area contributed by atoms with Crippen LogP contribution in [0.4, 0.5) is 0 Å². The molecule has 0 saturated carbocycles. The van der Waals surface area contributed by atoms with E-state index in [1.165, 1.54) is 0 Å². The highest BCUT2D eigenvalue weighted by Crippen LogP contribution is 2.28. The minimum atomic E-state index is -0.393. The molecule has 3 heteroatoms. The first kappa shape index (κ1) is 12.2. The van der Waals surface area contributed by atoms with Crippen molar-refractivity contribution in [3.05, 3.63) is 11.8 Å². The molecule has 0 aromatic carbocycles. The first-order chi connectivity index (χ1) is 7.08. The largest absolute Gasteiger partial charge is 0.490 e. The molecule has 0 fully saturated rings. The minimum Gasteiger partial charge on any atom is -0.490 e. The highest BCUT2D eigenvalue weighted by atomic mass is 16.5. The third-order valence-electron chi connectivity index (χ3n) is 3.38. The van der Waals surface area contributed by atoms with E-state index in [-0.39, 0.29) is 5.78 Å². The van der Waals surface area contributed by atoms with E-state index >= 15 is 0 Å². The van der Waals surface area contributed by atoms with Gasteiger partial charge in [0.2, 0.25) is 5.78 Å². The molecule has 3 nitrogen and oxygen atoms in total. The third-order valence-corrected chi connectivity index (χ3v) is 3.38. The van der Waals surface area contributed by atoms with Crippen LogP contribution in [0, 0.1) is 0 Å². The number of rotatable bonds is 5. The molecular formula is C12H21NO2. The third kappa shape index (κ3) is 2.07. The van der Waals surface area contributed by atoms with Crippen molar-refractivity contribution in [2.75, 3.05) is 20.7 Å². The number of carbonyl (C=O) groups excluding carboxylic acids is 1. The molecule has 1 aliphatic rings. The van der Waals surface area contributed by atoms with Crippen LogP contribution in [0.2, 0.25) is 0 Å². The Bertz CT molecular complexity index is 265. The van der Waals surface area contributed by atoms with Crippen molar-refractivity contribution < 1.29 is 9.53 Å². The molecule has 0 amide bonds. The molecule has 0 spiro atoms. The summed E-state index contributed by atoms with van der Waals surface area (Å²) in [5, 5.41) is 0. The SMILES string of the molecule is CCC(CC)(C(=O)C1=CCCO1)N(C)C.